The Morgan fingerprint density at radius 2 is 1.90 bits per heavy atom. The lowest BCUT2D eigenvalue weighted by molar-refractivity contribution is -0.00461. The monoisotopic (exact) mass is 305 g/mol. The van der Waals surface area contributed by atoms with Crippen molar-refractivity contribution in [2.45, 2.75) is 30.8 Å². The van der Waals surface area contributed by atoms with Crippen LogP contribution in [-0.4, -0.2) is 67.5 Å². The Morgan fingerprint density at radius 1 is 1.35 bits per heavy atom. The summed E-state index contributed by atoms with van der Waals surface area (Å²) in [7, 11) is -0.739. The molecule has 0 aromatic carbocycles. The normalized spacial score (nSPS) is 24.4. The third kappa shape index (κ3) is 2.47. The number of H-pyrrole nitrogens is 1. The molecule has 8 nitrogen and oxygen atoms in total. The third-order valence-electron chi connectivity index (χ3n) is 3.57. The van der Waals surface area contributed by atoms with Crippen LogP contribution in [0.2, 0.25) is 0 Å². The average Bonchev–Trinajstić information content (AvgIpc) is 3.01. The third-order valence-corrected chi connectivity index (χ3v) is 5.37. The van der Waals surface area contributed by atoms with Crippen LogP contribution in [0.1, 0.15) is 11.3 Å². The molecule has 0 aliphatic carbocycles. The molecule has 0 saturated carbocycles. The largest absolute Gasteiger partial charge is 0.392 e. The van der Waals surface area contributed by atoms with Crippen LogP contribution in [0.5, 0.6) is 0 Å². The van der Waals surface area contributed by atoms with Crippen molar-refractivity contribution < 1.29 is 23.0 Å². The number of aromatic amines is 1. The molecule has 2 unspecified atom stereocenters. The zero-order chi connectivity index (χ0) is 14.9. The summed E-state index contributed by atoms with van der Waals surface area (Å²) in [6.45, 7) is 1.69. The van der Waals surface area contributed by atoms with E-state index in [-0.39, 0.29) is 36.9 Å². The quantitative estimate of drug-likeness (QED) is 0.741. The van der Waals surface area contributed by atoms with Crippen molar-refractivity contribution in [3.05, 3.63) is 11.3 Å². The minimum Gasteiger partial charge on any atom is -0.392 e. The number of nitrogens with one attached hydrogen (secondary N) is 1. The van der Waals surface area contributed by atoms with Gasteiger partial charge in [0.15, 0.2) is 5.03 Å². The summed E-state index contributed by atoms with van der Waals surface area (Å²) in [5.74, 6) is 0. The first-order valence-electron chi connectivity index (χ1n) is 6.16. The number of aryl methyl sites for hydroxylation is 1. The van der Waals surface area contributed by atoms with Crippen molar-refractivity contribution >= 4 is 10.0 Å². The number of aliphatic hydroxyl groups is 1. The first kappa shape index (κ1) is 15.4. The summed E-state index contributed by atoms with van der Waals surface area (Å²) in [4.78, 5) is 0. The van der Waals surface area contributed by atoms with Crippen molar-refractivity contribution in [2.75, 3.05) is 27.3 Å². The highest BCUT2D eigenvalue weighted by Gasteiger charge is 2.41. The van der Waals surface area contributed by atoms with Gasteiger partial charge in [0.25, 0.3) is 10.0 Å². The number of aromatic nitrogens is 2. The summed E-state index contributed by atoms with van der Waals surface area (Å²) >= 11 is 0. The van der Waals surface area contributed by atoms with E-state index < -0.39 is 10.0 Å². The molecule has 20 heavy (non-hydrogen) atoms. The maximum Gasteiger partial charge on any atom is 0.262 e. The van der Waals surface area contributed by atoms with E-state index >= 15 is 0 Å². The van der Waals surface area contributed by atoms with E-state index in [1.807, 2.05) is 0 Å². The van der Waals surface area contributed by atoms with Crippen molar-refractivity contribution in [1.82, 2.24) is 14.5 Å². The Bertz CT molecular complexity index is 559. The van der Waals surface area contributed by atoms with Gasteiger partial charge in [-0.3, -0.25) is 5.10 Å². The summed E-state index contributed by atoms with van der Waals surface area (Å²) in [5, 5.41) is 15.6. The Balaban J connectivity index is 2.32. The number of hydrogen-bond acceptors (Lipinski definition) is 6. The predicted molar refractivity (Wildman–Crippen MR) is 69.6 cm³/mol. The lowest BCUT2D eigenvalue weighted by Crippen LogP contribution is -2.31. The Kier molecular flexibility index (Phi) is 4.45. The number of ether oxygens (including phenoxy) is 2. The van der Waals surface area contributed by atoms with Crippen LogP contribution in [0.25, 0.3) is 0 Å². The molecule has 2 atom stereocenters. The van der Waals surface area contributed by atoms with Gasteiger partial charge in [0.05, 0.1) is 18.8 Å². The maximum atomic E-state index is 12.6. The second-order valence-electron chi connectivity index (χ2n) is 4.66. The molecule has 1 aliphatic heterocycles. The molecular weight excluding hydrogens is 286 g/mol. The Morgan fingerprint density at radius 3 is 2.35 bits per heavy atom. The average molecular weight is 305 g/mol. The molecule has 0 spiro atoms. The van der Waals surface area contributed by atoms with Gasteiger partial charge in [0.1, 0.15) is 0 Å². The SMILES string of the molecule is COC1CN(S(=O)(=O)c2n[nH]c(C)c2CO)CC1OC. The maximum absolute atomic E-state index is 12.6. The van der Waals surface area contributed by atoms with Crippen molar-refractivity contribution in [2.24, 2.45) is 0 Å². The standard InChI is InChI=1S/C11H19N3O5S/c1-7-8(6-15)11(13-12-7)20(16,17)14-4-9(18-2)10(5-14)19-3/h9-10,15H,4-6H2,1-3H3,(H,12,13). The van der Waals surface area contributed by atoms with E-state index in [0.29, 0.717) is 11.3 Å². The van der Waals surface area contributed by atoms with Gasteiger partial charge in [-0.2, -0.15) is 9.40 Å². The minimum absolute atomic E-state index is 0.135. The van der Waals surface area contributed by atoms with E-state index in [1.165, 1.54) is 18.5 Å². The topological polar surface area (TPSA) is 105 Å². The molecule has 2 N–H and O–H groups in total. The molecule has 0 amide bonds. The van der Waals surface area contributed by atoms with Gasteiger partial charge in [-0.15, -0.1) is 0 Å². The lowest BCUT2D eigenvalue weighted by atomic mass is 10.3. The van der Waals surface area contributed by atoms with Crippen LogP contribution in [-0.2, 0) is 26.1 Å². The molecule has 1 aromatic rings. The number of rotatable bonds is 5. The fourth-order valence-corrected chi connectivity index (χ4v) is 3.93. The number of sulfonamides is 1. The Labute approximate surface area is 117 Å². The second kappa shape index (κ2) is 5.78. The van der Waals surface area contributed by atoms with Crippen LogP contribution in [0.3, 0.4) is 0 Å². The number of hydrogen-bond donors (Lipinski definition) is 2. The molecule has 9 heteroatoms. The number of nitrogens with zero attached hydrogens (tertiary/aromatic N) is 2. The molecule has 1 aromatic heterocycles. The van der Waals surface area contributed by atoms with E-state index in [2.05, 4.69) is 10.2 Å². The molecule has 0 bridgehead atoms. The van der Waals surface area contributed by atoms with Crippen molar-refractivity contribution in [1.29, 1.82) is 0 Å². The summed E-state index contributed by atoms with van der Waals surface area (Å²) < 4.78 is 36.9. The molecular formula is C11H19N3O5S. The first-order valence-corrected chi connectivity index (χ1v) is 7.60. The van der Waals surface area contributed by atoms with E-state index in [9.17, 15) is 13.5 Å². The molecule has 1 aliphatic rings. The highest BCUT2D eigenvalue weighted by atomic mass is 32.2. The van der Waals surface area contributed by atoms with E-state index in [0.717, 1.165) is 0 Å². The fraction of sp³-hybridized carbons (Fsp3) is 0.727. The van der Waals surface area contributed by atoms with Crippen LogP contribution in [0, 0.1) is 6.92 Å². The van der Waals surface area contributed by atoms with Gasteiger partial charge in [0, 0.05) is 38.6 Å². The highest BCUT2D eigenvalue weighted by molar-refractivity contribution is 7.89. The van der Waals surface area contributed by atoms with Gasteiger partial charge in [-0.25, -0.2) is 8.42 Å². The Hall–Kier alpha value is -1.00. The summed E-state index contributed by atoms with van der Waals surface area (Å²) in [5.41, 5.74) is 0.830. The predicted octanol–water partition coefficient (Wildman–Crippen LogP) is -0.755. The van der Waals surface area contributed by atoms with Crippen LogP contribution in [0.15, 0.2) is 5.03 Å². The lowest BCUT2D eigenvalue weighted by Gasteiger charge is -2.14. The smallest absolute Gasteiger partial charge is 0.262 e. The molecule has 0 radical (unpaired) electrons. The molecule has 2 rings (SSSR count). The summed E-state index contributed by atoms with van der Waals surface area (Å²) in [6.07, 6.45) is -0.625. The molecule has 1 fully saturated rings. The van der Waals surface area contributed by atoms with E-state index in [1.54, 1.807) is 6.92 Å². The second-order valence-corrected chi connectivity index (χ2v) is 6.51. The fourth-order valence-electron chi connectivity index (χ4n) is 2.31. The van der Waals surface area contributed by atoms with Gasteiger partial charge >= 0.3 is 0 Å². The van der Waals surface area contributed by atoms with E-state index in [4.69, 9.17) is 9.47 Å². The molecule has 2 heterocycles. The van der Waals surface area contributed by atoms with Crippen LogP contribution in [0.4, 0.5) is 0 Å². The first-order chi connectivity index (χ1) is 9.45. The van der Waals surface area contributed by atoms with Gasteiger partial charge in [-0.1, -0.05) is 0 Å². The number of aliphatic hydroxyl groups excluding tert-OH is 1. The van der Waals surface area contributed by atoms with Gasteiger partial charge in [-0.05, 0) is 6.92 Å². The van der Waals surface area contributed by atoms with Crippen LogP contribution < -0.4 is 0 Å². The van der Waals surface area contributed by atoms with Gasteiger partial charge < -0.3 is 14.6 Å². The zero-order valence-electron chi connectivity index (χ0n) is 11.7. The molecule has 1 saturated heterocycles. The molecule has 114 valence electrons. The summed E-state index contributed by atoms with van der Waals surface area (Å²) in [6, 6.07) is 0. The van der Waals surface area contributed by atoms with Crippen molar-refractivity contribution in [3.63, 3.8) is 0 Å². The van der Waals surface area contributed by atoms with Gasteiger partial charge in [0.2, 0.25) is 0 Å². The number of methoxy groups -OCH3 is 2. The highest BCUT2D eigenvalue weighted by Crippen LogP contribution is 2.26. The zero-order valence-corrected chi connectivity index (χ0v) is 12.5. The van der Waals surface area contributed by atoms with Crippen molar-refractivity contribution in [3.8, 4) is 0 Å². The van der Waals surface area contributed by atoms with Crippen LogP contribution >= 0.6 is 0 Å². The minimum atomic E-state index is -3.78.